The molecule has 0 saturated heterocycles. The van der Waals surface area contributed by atoms with E-state index in [4.69, 9.17) is 11.6 Å². The summed E-state index contributed by atoms with van der Waals surface area (Å²) in [6.45, 7) is 0. The molecule has 19 heavy (non-hydrogen) atoms. The van der Waals surface area contributed by atoms with Crippen molar-refractivity contribution >= 4 is 34.4 Å². The molecule has 0 aliphatic carbocycles. The summed E-state index contributed by atoms with van der Waals surface area (Å²) in [5, 5.41) is -0.539. The van der Waals surface area contributed by atoms with Crippen molar-refractivity contribution in [3.05, 3.63) is 59.2 Å². The minimum absolute atomic E-state index is 0.0206. The lowest BCUT2D eigenvalue weighted by molar-refractivity contribution is 0.0990. The zero-order valence-electron chi connectivity index (χ0n) is 9.85. The molecule has 94 valence electrons. The molecule has 0 bridgehead atoms. The fraction of sp³-hybridized carbons (Fsp3) is 0.0667. The molecule has 0 spiro atoms. The number of Topliss-reactive ketones (excluding diaryl/α,β-unsaturated/α-hetero) is 1. The number of hydrogen-bond acceptors (Lipinski definition) is 3. The van der Waals surface area contributed by atoms with E-state index >= 15 is 0 Å². The molecule has 0 amide bonds. The Hall–Kier alpha value is -1.58. The molecule has 0 fully saturated rings. The number of carbonyl (C=O) groups is 2. The van der Waals surface area contributed by atoms with Crippen LogP contribution in [-0.4, -0.2) is 11.0 Å². The van der Waals surface area contributed by atoms with Gasteiger partial charge in [0, 0.05) is 27.3 Å². The Balaban J connectivity index is 2.13. The second-order valence-electron chi connectivity index (χ2n) is 4.29. The largest absolute Gasteiger partial charge is 0.294 e. The Morgan fingerprint density at radius 1 is 1.11 bits per heavy atom. The summed E-state index contributed by atoms with van der Waals surface area (Å²) in [6.07, 6.45) is 0.357. The van der Waals surface area contributed by atoms with E-state index in [2.05, 4.69) is 0 Å². The number of halogens is 1. The van der Waals surface area contributed by atoms with Crippen LogP contribution in [0, 0.1) is 0 Å². The van der Waals surface area contributed by atoms with Crippen LogP contribution in [0.2, 0.25) is 0 Å². The Morgan fingerprint density at radius 2 is 1.89 bits per heavy atom. The smallest absolute Gasteiger partial charge is 0.252 e. The van der Waals surface area contributed by atoms with Crippen molar-refractivity contribution in [1.82, 2.24) is 0 Å². The molecular weight excluding hydrogens is 280 g/mol. The highest BCUT2D eigenvalue weighted by Crippen LogP contribution is 2.37. The van der Waals surface area contributed by atoms with E-state index < -0.39 is 5.24 Å². The van der Waals surface area contributed by atoms with Crippen molar-refractivity contribution in [1.29, 1.82) is 0 Å². The zero-order valence-corrected chi connectivity index (χ0v) is 11.4. The first-order valence-corrected chi connectivity index (χ1v) is 6.97. The van der Waals surface area contributed by atoms with Gasteiger partial charge in [-0.2, -0.15) is 0 Å². The standard InChI is InChI=1S/C15H9ClO2S/c16-15(18)10-5-6-14-11(7-10)12(17)8-9-3-1-2-4-13(9)19-14/h1-7H,8H2. The molecule has 1 aliphatic heterocycles. The van der Waals surface area contributed by atoms with Gasteiger partial charge in [-0.3, -0.25) is 9.59 Å². The van der Waals surface area contributed by atoms with Gasteiger partial charge in [0.1, 0.15) is 0 Å². The number of benzene rings is 2. The predicted octanol–water partition coefficient (Wildman–Crippen LogP) is 3.96. The number of ketones is 1. The van der Waals surface area contributed by atoms with E-state index in [0.29, 0.717) is 17.5 Å². The van der Waals surface area contributed by atoms with Crippen LogP contribution in [-0.2, 0) is 6.42 Å². The van der Waals surface area contributed by atoms with Gasteiger partial charge in [0.15, 0.2) is 5.78 Å². The van der Waals surface area contributed by atoms with Crippen molar-refractivity contribution in [2.24, 2.45) is 0 Å². The maximum absolute atomic E-state index is 12.3. The first-order chi connectivity index (χ1) is 9.15. The van der Waals surface area contributed by atoms with Crippen molar-refractivity contribution in [3.8, 4) is 0 Å². The normalized spacial score (nSPS) is 13.4. The van der Waals surface area contributed by atoms with E-state index in [0.717, 1.165) is 15.4 Å². The fourth-order valence-corrected chi connectivity index (χ4v) is 3.29. The minimum Gasteiger partial charge on any atom is -0.294 e. The molecule has 0 radical (unpaired) electrons. The predicted molar refractivity (Wildman–Crippen MR) is 75.2 cm³/mol. The van der Waals surface area contributed by atoms with Gasteiger partial charge in [0.2, 0.25) is 0 Å². The van der Waals surface area contributed by atoms with Crippen LogP contribution < -0.4 is 0 Å². The van der Waals surface area contributed by atoms with Crippen LogP contribution in [0.5, 0.6) is 0 Å². The fourth-order valence-electron chi connectivity index (χ4n) is 2.10. The SMILES string of the molecule is O=C(Cl)c1ccc2c(c1)C(=O)Cc1ccccc1S2. The first-order valence-electron chi connectivity index (χ1n) is 5.78. The highest BCUT2D eigenvalue weighted by Gasteiger charge is 2.21. The summed E-state index contributed by atoms with van der Waals surface area (Å²) in [5.41, 5.74) is 1.96. The number of carbonyl (C=O) groups excluding carboxylic acids is 2. The van der Waals surface area contributed by atoms with Gasteiger partial charge >= 0.3 is 0 Å². The van der Waals surface area contributed by atoms with Gasteiger partial charge < -0.3 is 0 Å². The van der Waals surface area contributed by atoms with Crippen LogP contribution in [0.3, 0.4) is 0 Å². The summed E-state index contributed by atoms with van der Waals surface area (Å²) in [5.74, 6) is 0.0206. The molecule has 2 aromatic carbocycles. The second kappa shape index (κ2) is 4.83. The maximum atomic E-state index is 12.3. The highest BCUT2D eigenvalue weighted by atomic mass is 35.5. The Bertz CT molecular complexity index is 694. The Morgan fingerprint density at radius 3 is 2.68 bits per heavy atom. The molecule has 0 N–H and O–H groups in total. The van der Waals surface area contributed by atoms with Crippen LogP contribution in [0.15, 0.2) is 52.3 Å². The van der Waals surface area contributed by atoms with Crippen LogP contribution >= 0.6 is 23.4 Å². The van der Waals surface area contributed by atoms with Crippen LogP contribution in [0.1, 0.15) is 26.3 Å². The third-order valence-corrected chi connectivity index (χ3v) is 4.46. The van der Waals surface area contributed by atoms with Crippen molar-refractivity contribution < 1.29 is 9.59 Å². The molecule has 0 saturated carbocycles. The summed E-state index contributed by atoms with van der Waals surface area (Å²) in [7, 11) is 0. The monoisotopic (exact) mass is 288 g/mol. The van der Waals surface area contributed by atoms with Gasteiger partial charge in [-0.25, -0.2) is 0 Å². The third kappa shape index (κ3) is 2.31. The molecule has 2 aromatic rings. The molecule has 3 rings (SSSR count). The van der Waals surface area contributed by atoms with Crippen molar-refractivity contribution in [2.75, 3.05) is 0 Å². The minimum atomic E-state index is -0.539. The van der Waals surface area contributed by atoms with Crippen molar-refractivity contribution in [2.45, 2.75) is 16.2 Å². The molecule has 0 unspecified atom stereocenters. The molecular formula is C15H9ClO2S. The maximum Gasteiger partial charge on any atom is 0.252 e. The Labute approximate surface area is 119 Å². The second-order valence-corrected chi connectivity index (χ2v) is 5.72. The topological polar surface area (TPSA) is 34.1 Å². The zero-order chi connectivity index (χ0) is 13.4. The third-order valence-electron chi connectivity index (χ3n) is 3.05. The molecule has 1 heterocycles. The average molecular weight is 289 g/mol. The summed E-state index contributed by atoms with van der Waals surface area (Å²) in [4.78, 5) is 25.4. The highest BCUT2D eigenvalue weighted by molar-refractivity contribution is 7.99. The Kier molecular flexibility index (Phi) is 3.17. The van der Waals surface area contributed by atoms with Crippen molar-refractivity contribution in [3.63, 3.8) is 0 Å². The van der Waals surface area contributed by atoms with E-state index in [1.807, 2.05) is 24.3 Å². The first kappa shape index (κ1) is 12.5. The molecule has 0 atom stereocenters. The number of hydrogen-bond donors (Lipinski definition) is 0. The van der Waals surface area contributed by atoms with Crippen LogP contribution in [0.25, 0.3) is 0 Å². The van der Waals surface area contributed by atoms with E-state index in [1.165, 1.54) is 0 Å². The van der Waals surface area contributed by atoms with Crippen LogP contribution in [0.4, 0.5) is 0 Å². The van der Waals surface area contributed by atoms with Gasteiger partial charge in [0.25, 0.3) is 5.24 Å². The van der Waals surface area contributed by atoms with E-state index in [-0.39, 0.29) is 5.78 Å². The van der Waals surface area contributed by atoms with E-state index in [1.54, 1.807) is 30.0 Å². The molecule has 0 aromatic heterocycles. The molecule has 1 aliphatic rings. The summed E-state index contributed by atoms with van der Waals surface area (Å²) < 4.78 is 0. The number of rotatable bonds is 1. The van der Waals surface area contributed by atoms with Gasteiger partial charge in [-0.05, 0) is 41.4 Å². The lowest BCUT2D eigenvalue weighted by Crippen LogP contribution is -2.04. The summed E-state index contributed by atoms with van der Waals surface area (Å²) >= 11 is 7.02. The summed E-state index contributed by atoms with van der Waals surface area (Å²) in [6, 6.07) is 12.9. The quantitative estimate of drug-likeness (QED) is 0.745. The lowest BCUT2D eigenvalue weighted by Gasteiger charge is -2.05. The number of fused-ring (bicyclic) bond motifs is 2. The lowest BCUT2D eigenvalue weighted by atomic mass is 10.0. The van der Waals surface area contributed by atoms with Gasteiger partial charge in [-0.15, -0.1) is 0 Å². The van der Waals surface area contributed by atoms with E-state index in [9.17, 15) is 9.59 Å². The average Bonchev–Trinajstić information content (AvgIpc) is 2.54. The van der Waals surface area contributed by atoms with Gasteiger partial charge in [0.05, 0.1) is 0 Å². The molecule has 4 heteroatoms. The van der Waals surface area contributed by atoms with Gasteiger partial charge in [-0.1, -0.05) is 30.0 Å². The molecule has 2 nitrogen and oxygen atoms in total.